The highest BCUT2D eigenvalue weighted by atomic mass is 35.5. The molecule has 1 fully saturated rings. The van der Waals surface area contributed by atoms with Crippen LogP contribution in [0.25, 0.3) is 11.3 Å². The number of hydrogen-bond donors (Lipinski definition) is 0. The number of allylic oxidation sites excluding steroid dienone is 1. The van der Waals surface area contributed by atoms with Crippen molar-refractivity contribution in [3.63, 3.8) is 0 Å². The quantitative estimate of drug-likeness (QED) is 0.602. The van der Waals surface area contributed by atoms with Crippen LogP contribution in [0, 0.1) is 12.8 Å². The molecule has 5 rings (SSSR count). The summed E-state index contributed by atoms with van der Waals surface area (Å²) in [5.41, 5.74) is 3.67. The van der Waals surface area contributed by atoms with Gasteiger partial charge in [0.15, 0.2) is 0 Å². The smallest absolute Gasteiger partial charge is 0.310 e. The van der Waals surface area contributed by atoms with E-state index in [2.05, 4.69) is 33.0 Å². The molecule has 0 N–H and O–H groups in total. The maximum atomic E-state index is 12.6. The molecule has 2 aromatic carbocycles. The van der Waals surface area contributed by atoms with E-state index < -0.39 is 5.41 Å². The van der Waals surface area contributed by atoms with Crippen LogP contribution in [0.15, 0.2) is 54.6 Å². The molecule has 2 atom stereocenters. The summed E-state index contributed by atoms with van der Waals surface area (Å²) in [7, 11) is 0. The van der Waals surface area contributed by atoms with Crippen LogP contribution in [0.2, 0.25) is 5.02 Å². The van der Waals surface area contributed by atoms with Crippen LogP contribution in [0.3, 0.4) is 0 Å². The Hall–Kier alpha value is -2.92. The minimum Gasteiger partial charge on any atom is -0.466 e. The van der Waals surface area contributed by atoms with E-state index in [1.807, 2.05) is 50.2 Å². The lowest BCUT2D eigenvalue weighted by Crippen LogP contribution is -2.19. The maximum absolute atomic E-state index is 12.6. The molecule has 6 heteroatoms. The molecular weight excluding hydrogens is 386 g/mol. The van der Waals surface area contributed by atoms with Crippen molar-refractivity contribution in [2.75, 3.05) is 6.61 Å². The summed E-state index contributed by atoms with van der Waals surface area (Å²) in [4.78, 5) is 12.6. The number of rotatable bonds is 3. The number of carbonyl (C=O) groups is 1. The zero-order valence-corrected chi connectivity index (χ0v) is 17.0. The first-order valence-corrected chi connectivity index (χ1v) is 10.1. The van der Waals surface area contributed by atoms with Gasteiger partial charge in [-0.3, -0.25) is 9.36 Å². The van der Waals surface area contributed by atoms with Gasteiger partial charge < -0.3 is 4.74 Å². The molecule has 2 heterocycles. The molecule has 1 aromatic heterocycles. The topological polar surface area (TPSA) is 57.0 Å². The van der Waals surface area contributed by atoms with Crippen molar-refractivity contribution < 1.29 is 9.53 Å². The average molecular weight is 406 g/mol. The summed E-state index contributed by atoms with van der Waals surface area (Å²) in [6.07, 6.45) is 2.85. The van der Waals surface area contributed by atoms with Gasteiger partial charge in [0.25, 0.3) is 0 Å². The predicted molar refractivity (Wildman–Crippen MR) is 111 cm³/mol. The van der Waals surface area contributed by atoms with Crippen molar-refractivity contribution in [1.29, 1.82) is 0 Å². The maximum Gasteiger partial charge on any atom is 0.310 e. The summed E-state index contributed by atoms with van der Waals surface area (Å²) in [6.45, 7) is 4.14. The van der Waals surface area contributed by atoms with Crippen molar-refractivity contribution in [3.05, 3.63) is 82.4 Å². The minimum absolute atomic E-state index is 0.183. The lowest BCUT2D eigenvalue weighted by Gasteiger charge is -2.13. The van der Waals surface area contributed by atoms with E-state index in [0.717, 1.165) is 34.0 Å². The van der Waals surface area contributed by atoms with Crippen LogP contribution in [0.4, 0.5) is 0 Å². The molecule has 29 heavy (non-hydrogen) atoms. The van der Waals surface area contributed by atoms with Crippen molar-refractivity contribution in [2.24, 2.45) is 5.92 Å². The second-order valence-electron chi connectivity index (χ2n) is 7.54. The number of para-hydroxylation sites is 1. The van der Waals surface area contributed by atoms with Crippen LogP contribution in [0.5, 0.6) is 0 Å². The minimum atomic E-state index is -0.526. The van der Waals surface area contributed by atoms with Crippen LogP contribution >= 0.6 is 11.6 Å². The van der Waals surface area contributed by atoms with Crippen LogP contribution < -0.4 is 0 Å². The van der Waals surface area contributed by atoms with E-state index in [0.29, 0.717) is 18.1 Å². The number of halogens is 1. The van der Waals surface area contributed by atoms with Crippen molar-refractivity contribution in [1.82, 2.24) is 14.8 Å². The Morgan fingerprint density at radius 1 is 1.21 bits per heavy atom. The van der Waals surface area contributed by atoms with Gasteiger partial charge in [0.1, 0.15) is 11.6 Å². The van der Waals surface area contributed by atoms with Gasteiger partial charge in [0.2, 0.25) is 0 Å². The van der Waals surface area contributed by atoms with Crippen LogP contribution in [0.1, 0.15) is 36.1 Å². The molecule has 146 valence electrons. The van der Waals surface area contributed by atoms with Crippen molar-refractivity contribution >= 4 is 23.1 Å². The third-order valence-electron chi connectivity index (χ3n) is 5.81. The largest absolute Gasteiger partial charge is 0.466 e. The third-order valence-corrected chi connectivity index (χ3v) is 6.06. The van der Waals surface area contributed by atoms with Gasteiger partial charge in [-0.05, 0) is 49.6 Å². The zero-order chi connectivity index (χ0) is 20.2. The van der Waals surface area contributed by atoms with Gasteiger partial charge in [-0.15, -0.1) is 10.2 Å². The Kier molecular flexibility index (Phi) is 4.10. The Morgan fingerprint density at radius 2 is 1.97 bits per heavy atom. The molecule has 5 nitrogen and oxygen atoms in total. The lowest BCUT2D eigenvalue weighted by atomic mass is 9.91. The number of ether oxygens (including phenoxy) is 1. The normalized spacial score (nSPS) is 21.8. The number of hydrogen-bond acceptors (Lipinski definition) is 4. The second kappa shape index (κ2) is 6.56. The number of carbonyl (C=O) groups excluding carboxylic acids is 1. The van der Waals surface area contributed by atoms with E-state index in [-0.39, 0.29) is 11.9 Å². The first-order valence-electron chi connectivity index (χ1n) is 9.73. The number of nitrogens with zero attached hydrogens (tertiary/aromatic N) is 3. The standard InChI is InChI=1S/C23H20ClN3O2/c1-3-29-21(28)19-13-23(19)12-18(15-8-10-16(24)11-9-15)17-6-4-5-7-20(17)27-14(2)25-26-22(23)27/h4-12,19H,3,13H2,1-2H3. The van der Waals surface area contributed by atoms with E-state index in [1.54, 1.807) is 0 Å². The van der Waals surface area contributed by atoms with E-state index in [4.69, 9.17) is 16.3 Å². The Balaban J connectivity index is 1.77. The summed E-state index contributed by atoms with van der Waals surface area (Å²) >= 11 is 6.12. The van der Waals surface area contributed by atoms with Crippen molar-refractivity contribution in [3.8, 4) is 5.69 Å². The lowest BCUT2D eigenvalue weighted by molar-refractivity contribution is -0.145. The van der Waals surface area contributed by atoms with Gasteiger partial charge in [0.05, 0.1) is 23.6 Å². The van der Waals surface area contributed by atoms with E-state index in [1.165, 1.54) is 0 Å². The first kappa shape index (κ1) is 18.1. The molecule has 0 saturated heterocycles. The fraction of sp³-hybridized carbons (Fsp3) is 0.261. The third kappa shape index (κ3) is 2.72. The molecule has 3 aromatic rings. The van der Waals surface area contributed by atoms with Crippen LogP contribution in [-0.2, 0) is 14.9 Å². The van der Waals surface area contributed by atoms with Crippen molar-refractivity contribution in [2.45, 2.75) is 25.7 Å². The summed E-state index contributed by atoms with van der Waals surface area (Å²) < 4.78 is 7.42. The number of fused-ring (bicyclic) bond motifs is 4. The zero-order valence-electron chi connectivity index (χ0n) is 16.2. The monoisotopic (exact) mass is 405 g/mol. The van der Waals surface area contributed by atoms with E-state index >= 15 is 0 Å². The second-order valence-corrected chi connectivity index (χ2v) is 7.97. The molecule has 1 aliphatic carbocycles. The van der Waals surface area contributed by atoms with Gasteiger partial charge in [-0.25, -0.2) is 0 Å². The molecular formula is C23H20ClN3O2. The first-order chi connectivity index (χ1) is 14.0. The average Bonchev–Trinajstić information content (AvgIpc) is 3.36. The fourth-order valence-electron chi connectivity index (χ4n) is 4.34. The summed E-state index contributed by atoms with van der Waals surface area (Å²) in [6, 6.07) is 16.0. The number of esters is 1. The fourth-order valence-corrected chi connectivity index (χ4v) is 4.46. The van der Waals surface area contributed by atoms with Gasteiger partial charge in [-0.1, -0.05) is 48.0 Å². The SMILES string of the molecule is CCOC(=O)C1CC12C=C(c1ccc(Cl)cc1)c1ccccc1-n1c(C)nnc12. The summed E-state index contributed by atoms with van der Waals surface area (Å²) in [5.74, 6) is 1.15. The van der Waals surface area contributed by atoms with Gasteiger partial charge in [-0.2, -0.15) is 0 Å². The van der Waals surface area contributed by atoms with E-state index in [9.17, 15) is 4.79 Å². The van der Waals surface area contributed by atoms with Gasteiger partial charge in [0, 0.05) is 10.6 Å². The number of benzene rings is 2. The molecule has 2 unspecified atom stereocenters. The Morgan fingerprint density at radius 3 is 2.72 bits per heavy atom. The number of aryl methyl sites for hydroxylation is 1. The highest BCUT2D eigenvalue weighted by Gasteiger charge is 2.63. The Bertz CT molecular complexity index is 1150. The highest BCUT2D eigenvalue weighted by molar-refractivity contribution is 6.30. The molecule has 0 amide bonds. The molecule has 0 radical (unpaired) electrons. The number of aromatic nitrogens is 3. The molecule has 0 bridgehead atoms. The van der Waals surface area contributed by atoms with Gasteiger partial charge >= 0.3 is 5.97 Å². The highest BCUT2D eigenvalue weighted by Crippen LogP contribution is 2.58. The van der Waals surface area contributed by atoms with Crippen LogP contribution in [-0.4, -0.2) is 27.3 Å². The summed E-state index contributed by atoms with van der Waals surface area (Å²) in [5, 5.41) is 9.53. The molecule has 1 spiro atoms. The predicted octanol–water partition coefficient (Wildman–Crippen LogP) is 4.50. The molecule has 1 aliphatic heterocycles. The molecule has 2 aliphatic rings. The molecule has 1 saturated carbocycles. The Labute approximate surface area is 174 Å².